The molecule has 10 heteroatoms. The van der Waals surface area contributed by atoms with Crippen molar-refractivity contribution >= 4 is 21.3 Å². The lowest BCUT2D eigenvalue weighted by atomic mass is 10.0. The maximum atomic E-state index is 14.8. The number of halogens is 1. The molecule has 0 spiro atoms. The molecule has 0 saturated heterocycles. The largest absolute Gasteiger partial charge is 0.395 e. The molecule has 4 aromatic rings. The van der Waals surface area contributed by atoms with E-state index in [0.29, 0.717) is 16.8 Å². The lowest BCUT2D eigenvalue weighted by molar-refractivity contribution is 0.592. The van der Waals surface area contributed by atoms with Crippen molar-refractivity contribution in [1.29, 1.82) is 0 Å². The summed E-state index contributed by atoms with van der Waals surface area (Å²) in [5.74, 6) is -0.362. The van der Waals surface area contributed by atoms with Crippen LogP contribution in [0.15, 0.2) is 77.3 Å². The summed E-state index contributed by atoms with van der Waals surface area (Å²) in [4.78, 5) is 15.5. The van der Waals surface area contributed by atoms with Gasteiger partial charge in [0.15, 0.2) is 5.03 Å². The highest BCUT2D eigenvalue weighted by molar-refractivity contribution is 7.91. The summed E-state index contributed by atoms with van der Waals surface area (Å²) in [6.45, 7) is 0. The molecule has 0 aliphatic heterocycles. The summed E-state index contributed by atoms with van der Waals surface area (Å²) in [5, 5.41) is -0.306. The topological polar surface area (TPSA) is 138 Å². The molecule has 0 saturated carbocycles. The van der Waals surface area contributed by atoms with Gasteiger partial charge in [0, 0.05) is 11.1 Å². The van der Waals surface area contributed by atoms with E-state index in [1.54, 1.807) is 24.3 Å². The van der Waals surface area contributed by atoms with E-state index in [9.17, 15) is 12.8 Å². The van der Waals surface area contributed by atoms with Gasteiger partial charge in [0.2, 0.25) is 9.84 Å². The van der Waals surface area contributed by atoms with Gasteiger partial charge in [0.25, 0.3) is 0 Å². The third kappa shape index (κ3) is 3.44. The highest BCUT2D eigenvalue weighted by Gasteiger charge is 2.26. The van der Waals surface area contributed by atoms with E-state index in [0.717, 1.165) is 6.33 Å². The average Bonchev–Trinajstić information content (AvgIpc) is 2.75. The molecule has 2 heterocycles. The second-order valence-electron chi connectivity index (χ2n) is 6.30. The minimum absolute atomic E-state index is 0.0465. The minimum Gasteiger partial charge on any atom is -0.395 e. The lowest BCUT2D eigenvalue weighted by Crippen LogP contribution is -2.09. The van der Waals surface area contributed by atoms with E-state index in [2.05, 4.69) is 19.9 Å². The highest BCUT2D eigenvalue weighted by atomic mass is 32.2. The number of hydrogen-bond acceptors (Lipinski definition) is 8. The van der Waals surface area contributed by atoms with Gasteiger partial charge in [-0.2, -0.15) is 0 Å². The Morgan fingerprint density at radius 2 is 1.67 bits per heavy atom. The predicted molar refractivity (Wildman–Crippen MR) is 109 cm³/mol. The van der Waals surface area contributed by atoms with Crippen molar-refractivity contribution in [1.82, 2.24) is 19.9 Å². The lowest BCUT2D eigenvalue weighted by Gasteiger charge is -2.12. The molecular formula is C20H15FN6O2S. The van der Waals surface area contributed by atoms with Crippen LogP contribution in [0.2, 0.25) is 0 Å². The predicted octanol–water partition coefficient (Wildman–Crippen LogP) is 2.74. The van der Waals surface area contributed by atoms with Crippen molar-refractivity contribution in [2.24, 2.45) is 0 Å². The maximum absolute atomic E-state index is 14.8. The summed E-state index contributed by atoms with van der Waals surface area (Å²) in [6.07, 6.45) is 5.01. The van der Waals surface area contributed by atoms with E-state index >= 15 is 0 Å². The van der Waals surface area contributed by atoms with Crippen LogP contribution < -0.4 is 11.5 Å². The molecule has 4 N–H and O–H groups in total. The first-order chi connectivity index (χ1) is 14.4. The fourth-order valence-corrected chi connectivity index (χ4v) is 4.46. The van der Waals surface area contributed by atoms with Gasteiger partial charge in [-0.1, -0.05) is 24.3 Å². The number of nitrogen functional groups attached to an aromatic ring is 2. The second-order valence-corrected chi connectivity index (χ2v) is 8.14. The van der Waals surface area contributed by atoms with Crippen LogP contribution in [0.4, 0.5) is 15.9 Å². The molecular weight excluding hydrogens is 407 g/mol. The zero-order chi connectivity index (χ0) is 21.3. The van der Waals surface area contributed by atoms with Crippen molar-refractivity contribution in [3.05, 3.63) is 73.2 Å². The number of benzene rings is 2. The first-order valence-electron chi connectivity index (χ1n) is 8.65. The molecule has 0 aliphatic rings. The Morgan fingerprint density at radius 3 is 2.37 bits per heavy atom. The third-order valence-electron chi connectivity index (χ3n) is 4.36. The van der Waals surface area contributed by atoms with Crippen LogP contribution in [0.3, 0.4) is 0 Å². The van der Waals surface area contributed by atoms with Gasteiger partial charge in [-0.15, -0.1) is 0 Å². The molecule has 0 aliphatic carbocycles. The van der Waals surface area contributed by atoms with Crippen LogP contribution in [-0.2, 0) is 9.84 Å². The average molecular weight is 422 g/mol. The van der Waals surface area contributed by atoms with E-state index in [4.69, 9.17) is 11.5 Å². The fraction of sp³-hybridized carbons (Fsp3) is 0. The first kappa shape index (κ1) is 19.4. The Kier molecular flexibility index (Phi) is 4.84. The normalized spacial score (nSPS) is 11.4. The fourth-order valence-electron chi connectivity index (χ4n) is 2.96. The van der Waals surface area contributed by atoms with Crippen molar-refractivity contribution in [2.45, 2.75) is 9.92 Å². The number of nitrogens with zero attached hydrogens (tertiary/aromatic N) is 4. The Bertz CT molecular complexity index is 1340. The zero-order valence-corrected chi connectivity index (χ0v) is 16.2. The Balaban J connectivity index is 1.83. The van der Waals surface area contributed by atoms with Crippen LogP contribution in [-0.4, -0.2) is 28.4 Å². The molecule has 0 atom stereocenters. The number of hydrogen-bond donors (Lipinski definition) is 2. The van der Waals surface area contributed by atoms with Gasteiger partial charge in [0.1, 0.15) is 18.0 Å². The third-order valence-corrected chi connectivity index (χ3v) is 6.15. The van der Waals surface area contributed by atoms with Gasteiger partial charge < -0.3 is 11.5 Å². The number of aromatic nitrogens is 4. The van der Waals surface area contributed by atoms with E-state index in [1.807, 2.05) is 0 Å². The maximum Gasteiger partial charge on any atom is 0.226 e. The molecule has 8 nitrogen and oxygen atoms in total. The van der Waals surface area contributed by atoms with Gasteiger partial charge in [-0.3, -0.25) is 4.98 Å². The van der Waals surface area contributed by atoms with Gasteiger partial charge >= 0.3 is 0 Å². The van der Waals surface area contributed by atoms with Crippen molar-refractivity contribution in [3.8, 4) is 22.4 Å². The van der Waals surface area contributed by atoms with Crippen LogP contribution >= 0.6 is 0 Å². The molecule has 0 bridgehead atoms. The molecule has 0 unspecified atom stereocenters. The summed E-state index contributed by atoms with van der Waals surface area (Å²) < 4.78 is 41.2. The Hall–Kier alpha value is -3.92. The molecule has 0 radical (unpaired) electrons. The SMILES string of the molecule is Nc1cnc(-c2ccc(-c3ccccc3S(=O)(=O)c3ncncc3N)cc2F)cn1. The quantitative estimate of drug-likeness (QED) is 0.479. The molecule has 0 fully saturated rings. The van der Waals surface area contributed by atoms with Crippen LogP contribution in [0, 0.1) is 5.82 Å². The smallest absolute Gasteiger partial charge is 0.226 e. The summed E-state index contributed by atoms with van der Waals surface area (Å²) in [6, 6.07) is 10.6. The molecule has 2 aromatic carbocycles. The van der Waals surface area contributed by atoms with Gasteiger partial charge in [-0.05, 0) is 23.8 Å². The highest BCUT2D eigenvalue weighted by Crippen LogP contribution is 2.34. The number of anilines is 2. The minimum atomic E-state index is -4.06. The molecule has 4 rings (SSSR count). The summed E-state index contributed by atoms with van der Waals surface area (Å²) in [5.41, 5.74) is 12.4. The van der Waals surface area contributed by atoms with Gasteiger partial charge in [0.05, 0.1) is 34.9 Å². The molecule has 30 heavy (non-hydrogen) atoms. The van der Waals surface area contributed by atoms with Crippen LogP contribution in [0.5, 0.6) is 0 Å². The second kappa shape index (κ2) is 7.48. The number of nitrogens with two attached hydrogens (primary N) is 2. The van der Waals surface area contributed by atoms with E-state index in [-0.39, 0.29) is 27.0 Å². The van der Waals surface area contributed by atoms with Crippen molar-refractivity contribution < 1.29 is 12.8 Å². The van der Waals surface area contributed by atoms with Crippen molar-refractivity contribution in [2.75, 3.05) is 11.5 Å². The molecule has 150 valence electrons. The zero-order valence-electron chi connectivity index (χ0n) is 15.4. The molecule has 0 amide bonds. The van der Waals surface area contributed by atoms with E-state index < -0.39 is 15.7 Å². The Labute approximate surface area is 171 Å². The summed E-state index contributed by atoms with van der Waals surface area (Å²) in [7, 11) is -4.06. The van der Waals surface area contributed by atoms with Crippen LogP contribution in [0.25, 0.3) is 22.4 Å². The van der Waals surface area contributed by atoms with Crippen molar-refractivity contribution in [3.63, 3.8) is 0 Å². The number of sulfone groups is 1. The van der Waals surface area contributed by atoms with Crippen LogP contribution in [0.1, 0.15) is 0 Å². The summed E-state index contributed by atoms with van der Waals surface area (Å²) >= 11 is 0. The number of rotatable bonds is 4. The Morgan fingerprint density at radius 1 is 0.867 bits per heavy atom. The standard InChI is InChI=1S/C20H15FN6O2S/c21-15-7-12(5-6-14(15)17-9-26-19(23)10-25-17)13-3-1-2-4-18(13)30(28,29)20-16(22)8-24-11-27-20/h1-11H,22H2,(H2,23,26). The molecule has 2 aromatic heterocycles. The van der Waals surface area contributed by atoms with E-state index in [1.165, 1.54) is 36.8 Å². The van der Waals surface area contributed by atoms with Gasteiger partial charge in [-0.25, -0.2) is 27.8 Å². The first-order valence-corrected chi connectivity index (χ1v) is 10.1. The monoisotopic (exact) mass is 422 g/mol.